The average molecular weight is 1520 g/mol. The summed E-state index contributed by atoms with van der Waals surface area (Å²) in [5.74, 6) is -9.45. The Morgan fingerprint density at radius 2 is 0.607 bits per heavy atom. The summed E-state index contributed by atoms with van der Waals surface area (Å²) in [5.41, 5.74) is 6.44. The zero-order chi connectivity index (χ0) is 78.4. The predicted molar refractivity (Wildman–Crippen MR) is 390 cm³/mol. The summed E-state index contributed by atoms with van der Waals surface area (Å²) < 4.78 is 97.2. The van der Waals surface area contributed by atoms with E-state index in [-0.39, 0.29) is 56.6 Å². The Hall–Kier alpha value is -12.8. The van der Waals surface area contributed by atoms with Gasteiger partial charge in [0, 0.05) is 11.5 Å². The van der Waals surface area contributed by atoms with Gasteiger partial charge in [-0.1, -0.05) is 169 Å². The standard InChI is InChI=1S/C84H73N3O25/c1-84(112-80(97)60-45-27-10-28-46-60)71(111-79(96)59-43-25-9-26-44-59)66(106-74(91)54-33-15-4-16-34-54)63(50-99-82-70(110-78(95)58-41-23-8-24-42-58)67(107-75(92)55-35-17-5-18-36-55)64(61(49-88)101-82)104-72(89)52-29-11-2-12-30-52)103-83(84)100-51-62-65(105-73(90)53-31-13-3-14-32-53)68(108-76(93)56-37-19-6-20-38-56)69(81(102-62)98-48-47-86-87-85)109-77(94)57-39-21-7-22-40-57/h2-46,61-71,81-83,88H,47-51H2,1H3/t61-,62-,63-,64-,65-,66-,67+,68+,69-,70-,71+,81-,82-,83-,84-/m1/s1. The van der Waals surface area contributed by atoms with Crippen LogP contribution in [-0.2, 0) is 71.1 Å². The van der Waals surface area contributed by atoms with Gasteiger partial charge in [-0.25, -0.2) is 43.2 Å². The minimum atomic E-state index is -2.61. The quantitative estimate of drug-likeness (QED) is 0.0114. The van der Waals surface area contributed by atoms with Crippen molar-refractivity contribution in [1.82, 2.24) is 0 Å². The van der Waals surface area contributed by atoms with E-state index >= 15 is 9.59 Å². The number of carbonyl (C=O) groups excluding carboxylic acids is 9. The summed E-state index contributed by atoms with van der Waals surface area (Å²) in [4.78, 5) is 135. The van der Waals surface area contributed by atoms with E-state index in [1.165, 1.54) is 153 Å². The van der Waals surface area contributed by atoms with Crippen molar-refractivity contribution < 1.29 is 119 Å². The summed E-state index contributed by atoms with van der Waals surface area (Å²) in [7, 11) is 0. The van der Waals surface area contributed by atoms with Gasteiger partial charge in [0.25, 0.3) is 0 Å². The molecule has 12 rings (SSSR count). The number of carbonyl (C=O) groups is 9. The highest BCUT2D eigenvalue weighted by Gasteiger charge is 2.63. The fraction of sp³-hybridized carbons (Fsp3) is 0.250. The van der Waals surface area contributed by atoms with Gasteiger partial charge in [0.15, 0.2) is 61.4 Å². The lowest BCUT2D eigenvalue weighted by Crippen LogP contribution is -2.70. The molecular weight excluding hydrogens is 1450 g/mol. The summed E-state index contributed by atoms with van der Waals surface area (Å²) in [6.07, 6.45) is -27.2. The average Bonchev–Trinajstić information content (AvgIpc) is 0.745. The summed E-state index contributed by atoms with van der Waals surface area (Å²) in [6, 6.07) is 68.1. The van der Waals surface area contributed by atoms with Crippen molar-refractivity contribution >= 4 is 53.7 Å². The summed E-state index contributed by atoms with van der Waals surface area (Å²) in [5, 5.41) is 15.0. The molecule has 0 spiro atoms. The van der Waals surface area contributed by atoms with Gasteiger partial charge in [0.1, 0.15) is 18.3 Å². The Kier molecular flexibility index (Phi) is 26.8. The number of rotatable bonds is 29. The molecule has 0 amide bonds. The van der Waals surface area contributed by atoms with Crippen LogP contribution >= 0.6 is 0 Å². The second kappa shape index (κ2) is 38.1. The van der Waals surface area contributed by atoms with Crippen LogP contribution in [0.4, 0.5) is 0 Å². The van der Waals surface area contributed by atoms with Gasteiger partial charge in [0.2, 0.25) is 11.9 Å². The van der Waals surface area contributed by atoms with Crippen LogP contribution in [-0.4, -0.2) is 183 Å². The first-order chi connectivity index (χ1) is 54.6. The molecule has 15 atom stereocenters. The van der Waals surface area contributed by atoms with Crippen LogP contribution in [0.15, 0.2) is 278 Å². The molecule has 9 aromatic carbocycles. The van der Waals surface area contributed by atoms with Crippen LogP contribution in [0.3, 0.4) is 0 Å². The maximum atomic E-state index is 15.1. The molecule has 0 aromatic heterocycles. The third-order valence-electron chi connectivity index (χ3n) is 18.1. The molecule has 574 valence electrons. The zero-order valence-corrected chi connectivity index (χ0v) is 59.7. The first-order valence-electron chi connectivity index (χ1n) is 35.4. The predicted octanol–water partition coefficient (Wildman–Crippen LogP) is 10.9. The second-order valence-corrected chi connectivity index (χ2v) is 25.5. The highest BCUT2D eigenvalue weighted by atomic mass is 16.8. The number of aliphatic hydroxyl groups excluding tert-OH is 1. The van der Waals surface area contributed by atoms with E-state index < -0.39 is 172 Å². The highest BCUT2D eigenvalue weighted by molar-refractivity contribution is 5.94. The van der Waals surface area contributed by atoms with Crippen LogP contribution in [0.25, 0.3) is 10.4 Å². The number of hydrogen-bond donors (Lipinski definition) is 1. The number of azide groups is 1. The molecule has 9 aromatic rings. The molecule has 3 aliphatic heterocycles. The summed E-state index contributed by atoms with van der Waals surface area (Å²) in [6.45, 7) is -2.47. The highest BCUT2D eigenvalue weighted by Crippen LogP contribution is 2.42. The number of nitrogens with zero attached hydrogens (tertiary/aromatic N) is 3. The van der Waals surface area contributed by atoms with E-state index in [1.807, 2.05) is 0 Å². The van der Waals surface area contributed by atoms with E-state index in [0.29, 0.717) is 0 Å². The molecule has 3 aliphatic rings. The van der Waals surface area contributed by atoms with Crippen LogP contribution in [0.5, 0.6) is 0 Å². The van der Waals surface area contributed by atoms with Crippen LogP contribution < -0.4 is 0 Å². The molecule has 28 heteroatoms. The first kappa shape index (κ1) is 78.8. The molecule has 0 unspecified atom stereocenters. The smallest absolute Gasteiger partial charge is 0.338 e. The van der Waals surface area contributed by atoms with Gasteiger partial charge in [-0.05, 0) is 122 Å². The third kappa shape index (κ3) is 19.6. The van der Waals surface area contributed by atoms with Crippen molar-refractivity contribution in [1.29, 1.82) is 0 Å². The first-order valence-corrected chi connectivity index (χ1v) is 35.4. The number of ether oxygens (including phenoxy) is 15. The van der Waals surface area contributed by atoms with Crippen LogP contribution in [0.1, 0.15) is 100 Å². The van der Waals surface area contributed by atoms with Crippen molar-refractivity contribution in [3.63, 3.8) is 0 Å². The minimum Gasteiger partial charge on any atom is -0.452 e. The molecule has 1 N–H and O–H groups in total. The molecule has 28 nitrogen and oxygen atoms in total. The molecule has 0 saturated carbocycles. The molecule has 0 aliphatic carbocycles. The molecule has 0 radical (unpaired) electrons. The minimum absolute atomic E-state index is 0.00571. The third-order valence-corrected chi connectivity index (χ3v) is 18.1. The Balaban J connectivity index is 1.00. The number of benzene rings is 9. The lowest BCUT2D eigenvalue weighted by molar-refractivity contribution is -0.357. The molecule has 3 saturated heterocycles. The molecule has 112 heavy (non-hydrogen) atoms. The van der Waals surface area contributed by atoms with Crippen molar-refractivity contribution in [3.05, 3.63) is 334 Å². The maximum Gasteiger partial charge on any atom is 0.338 e. The molecule has 0 bridgehead atoms. The SMILES string of the molecule is C[C@]1(OC(=O)c2ccccc2)[C@H](OC[C@H]2O[C@@H](OCCN=[N+]=[N-])[C@H](OC(=O)c3ccccc3)[C@@H](OC(=O)c3ccccc3)[C@@H]2OC(=O)c2ccccc2)O[C@H](CO[C@@H]2O[C@H](CO)[C@@H](OC(=O)c3ccccc3)[C@H](OC(=O)c3ccccc3)[C@H]2OC(=O)c2ccccc2)[C@@H](OC(=O)c2ccccc2)[C@@H]1OC(=O)c1ccccc1. The van der Waals surface area contributed by atoms with Gasteiger partial charge in [-0.3, -0.25) is 0 Å². The molecule has 3 heterocycles. The summed E-state index contributed by atoms with van der Waals surface area (Å²) >= 11 is 0. The van der Waals surface area contributed by atoms with E-state index in [2.05, 4.69) is 10.0 Å². The van der Waals surface area contributed by atoms with Gasteiger partial charge < -0.3 is 76.2 Å². The van der Waals surface area contributed by atoms with E-state index in [4.69, 9.17) is 71.1 Å². The topological polar surface area (TPSA) is 361 Å². The normalized spacial score (nSPS) is 23.8. The van der Waals surface area contributed by atoms with Crippen LogP contribution in [0.2, 0.25) is 0 Å². The van der Waals surface area contributed by atoms with Gasteiger partial charge in [0.05, 0.1) is 76.5 Å². The van der Waals surface area contributed by atoms with E-state index in [9.17, 15) is 44.2 Å². The number of hydrogen-bond acceptors (Lipinski definition) is 26. The lowest BCUT2D eigenvalue weighted by Gasteiger charge is -2.51. The fourth-order valence-electron chi connectivity index (χ4n) is 12.5. The monoisotopic (exact) mass is 1520 g/mol. The Morgan fingerprint density at radius 1 is 0.339 bits per heavy atom. The van der Waals surface area contributed by atoms with Crippen molar-refractivity contribution in [2.75, 3.05) is 33.0 Å². The Morgan fingerprint density at radius 3 is 0.946 bits per heavy atom. The molecular formula is C84H73N3O25. The van der Waals surface area contributed by atoms with E-state index in [1.54, 1.807) is 127 Å². The Bertz CT molecular complexity index is 4710. The van der Waals surface area contributed by atoms with Gasteiger partial charge in [-0.2, -0.15) is 0 Å². The number of aliphatic hydroxyl groups is 1. The van der Waals surface area contributed by atoms with Crippen molar-refractivity contribution in [2.24, 2.45) is 5.11 Å². The maximum absolute atomic E-state index is 15.1. The molecule has 3 fully saturated rings. The van der Waals surface area contributed by atoms with Crippen molar-refractivity contribution in [3.8, 4) is 0 Å². The van der Waals surface area contributed by atoms with Gasteiger partial charge >= 0.3 is 53.7 Å². The fourth-order valence-corrected chi connectivity index (χ4v) is 12.5. The van der Waals surface area contributed by atoms with E-state index in [0.717, 1.165) is 0 Å². The van der Waals surface area contributed by atoms with Crippen LogP contribution in [0, 0.1) is 0 Å². The Labute approximate surface area is 640 Å². The lowest BCUT2D eigenvalue weighted by atomic mass is 9.86. The van der Waals surface area contributed by atoms with Gasteiger partial charge in [-0.15, -0.1) is 0 Å². The number of esters is 9. The zero-order valence-electron chi connectivity index (χ0n) is 59.7. The second-order valence-electron chi connectivity index (χ2n) is 25.5. The van der Waals surface area contributed by atoms with Crippen molar-refractivity contribution in [2.45, 2.75) is 98.5 Å². The largest absolute Gasteiger partial charge is 0.452 e.